The zero-order valence-corrected chi connectivity index (χ0v) is 14.6. The van der Waals surface area contributed by atoms with Crippen LogP contribution in [0.2, 0.25) is 0 Å². The molecule has 0 amide bonds. The fourth-order valence-corrected chi connectivity index (χ4v) is 2.16. The normalized spacial score (nSPS) is 10.1. The molecule has 0 radical (unpaired) electrons. The summed E-state index contributed by atoms with van der Waals surface area (Å²) in [6.45, 7) is 2.79. The topological polar surface area (TPSA) is 77.8 Å². The van der Waals surface area contributed by atoms with Crippen LogP contribution in [0.5, 0.6) is 0 Å². The Morgan fingerprint density at radius 3 is 1.36 bits per heavy atom. The van der Waals surface area contributed by atoms with E-state index in [0.29, 0.717) is 6.42 Å². The number of unbranched alkanes of at least 4 members (excludes halogenated alkanes) is 11. The predicted octanol–water partition coefficient (Wildman–Crippen LogP) is 4.52. The third-order valence-corrected chi connectivity index (χ3v) is 3.56. The van der Waals surface area contributed by atoms with Crippen LogP contribution >= 0.6 is 0 Å². The first-order valence-corrected chi connectivity index (χ1v) is 9.12. The van der Waals surface area contributed by atoms with Gasteiger partial charge in [0.15, 0.2) is 0 Å². The van der Waals surface area contributed by atoms with Gasteiger partial charge in [0.1, 0.15) is 0 Å². The van der Waals surface area contributed by atoms with Gasteiger partial charge >= 0.3 is 5.97 Å². The van der Waals surface area contributed by atoms with Crippen molar-refractivity contribution in [1.82, 2.24) is 0 Å². The predicted molar refractivity (Wildman–Crippen MR) is 92.1 cm³/mol. The summed E-state index contributed by atoms with van der Waals surface area (Å²) in [6.07, 6.45) is 15.3. The van der Waals surface area contributed by atoms with Crippen LogP contribution in [0.4, 0.5) is 0 Å². The van der Waals surface area contributed by atoms with Gasteiger partial charge in [0.2, 0.25) is 0 Å². The van der Waals surface area contributed by atoms with E-state index in [-0.39, 0.29) is 13.2 Å². The average molecular weight is 318 g/mol. The van der Waals surface area contributed by atoms with Crippen molar-refractivity contribution in [3.63, 3.8) is 0 Å². The minimum atomic E-state index is -0.659. The highest BCUT2D eigenvalue weighted by Crippen LogP contribution is 2.10. The lowest BCUT2D eigenvalue weighted by atomic mass is 10.1. The second-order valence-electron chi connectivity index (χ2n) is 5.83. The molecule has 0 aromatic heterocycles. The van der Waals surface area contributed by atoms with Crippen LogP contribution in [0.15, 0.2) is 0 Å². The molecule has 0 aliphatic carbocycles. The number of carboxylic acids is 1. The van der Waals surface area contributed by atoms with E-state index in [9.17, 15) is 4.79 Å². The van der Waals surface area contributed by atoms with Crippen LogP contribution in [0.25, 0.3) is 0 Å². The molecular formula is C18H38O4. The maximum absolute atomic E-state index is 10.2. The van der Waals surface area contributed by atoms with Gasteiger partial charge in [-0.25, -0.2) is 0 Å². The Hall–Kier alpha value is -0.610. The lowest BCUT2D eigenvalue weighted by molar-refractivity contribution is -0.137. The molecule has 0 rings (SSSR count). The van der Waals surface area contributed by atoms with E-state index in [1.54, 1.807) is 0 Å². The van der Waals surface area contributed by atoms with E-state index < -0.39 is 5.97 Å². The highest BCUT2D eigenvalue weighted by molar-refractivity contribution is 5.66. The quantitative estimate of drug-likeness (QED) is 0.388. The number of carboxylic acid groups (broad SMARTS) is 1. The summed E-state index contributed by atoms with van der Waals surface area (Å²) >= 11 is 0. The molecule has 134 valence electrons. The minimum Gasteiger partial charge on any atom is -0.481 e. The molecule has 0 unspecified atom stereocenters. The molecule has 22 heavy (non-hydrogen) atoms. The van der Waals surface area contributed by atoms with E-state index in [1.165, 1.54) is 44.9 Å². The fourth-order valence-electron chi connectivity index (χ4n) is 2.16. The molecule has 0 aromatic rings. The molecule has 0 saturated heterocycles. The monoisotopic (exact) mass is 318 g/mol. The number of aliphatic hydroxyl groups is 2. The maximum Gasteiger partial charge on any atom is 0.303 e. The Morgan fingerprint density at radius 1 is 0.636 bits per heavy atom. The van der Waals surface area contributed by atoms with E-state index in [0.717, 1.165) is 38.5 Å². The molecule has 0 aliphatic heterocycles. The second kappa shape index (κ2) is 22.7. The fraction of sp³-hybridized carbons (Fsp3) is 0.944. The van der Waals surface area contributed by atoms with Gasteiger partial charge in [-0.1, -0.05) is 71.1 Å². The van der Waals surface area contributed by atoms with Gasteiger partial charge in [0.05, 0.1) is 0 Å². The zero-order chi connectivity index (χ0) is 16.9. The molecule has 0 aromatic carbocycles. The third-order valence-electron chi connectivity index (χ3n) is 3.56. The minimum absolute atomic E-state index is 0.283. The zero-order valence-electron chi connectivity index (χ0n) is 14.6. The summed E-state index contributed by atoms with van der Waals surface area (Å²) in [5.74, 6) is -0.659. The van der Waals surface area contributed by atoms with E-state index in [4.69, 9.17) is 15.3 Å². The number of aliphatic carboxylic acids is 1. The van der Waals surface area contributed by atoms with Crippen molar-refractivity contribution >= 4 is 5.97 Å². The maximum atomic E-state index is 10.2. The Balaban J connectivity index is 0. The highest BCUT2D eigenvalue weighted by atomic mass is 16.4. The van der Waals surface area contributed by atoms with Crippen molar-refractivity contribution in [3.8, 4) is 0 Å². The summed E-state index contributed by atoms with van der Waals surface area (Å²) in [6, 6.07) is 0. The smallest absolute Gasteiger partial charge is 0.303 e. The summed E-state index contributed by atoms with van der Waals surface area (Å²) < 4.78 is 0. The largest absolute Gasteiger partial charge is 0.481 e. The molecule has 3 N–H and O–H groups in total. The summed E-state index contributed by atoms with van der Waals surface area (Å²) in [5.41, 5.74) is 0. The van der Waals surface area contributed by atoms with E-state index in [2.05, 4.69) is 6.92 Å². The number of carbonyl (C=O) groups is 1. The summed E-state index contributed by atoms with van der Waals surface area (Å²) in [4.78, 5) is 10.2. The summed E-state index contributed by atoms with van der Waals surface area (Å²) in [5, 5.41) is 25.0. The van der Waals surface area contributed by atoms with Crippen LogP contribution < -0.4 is 0 Å². The molecule has 0 heterocycles. The Morgan fingerprint density at radius 2 is 1.00 bits per heavy atom. The molecule has 4 heteroatoms. The number of aliphatic hydroxyl groups excluding tert-OH is 2. The highest BCUT2D eigenvalue weighted by Gasteiger charge is 1.96. The van der Waals surface area contributed by atoms with Gasteiger partial charge in [-0.3, -0.25) is 4.79 Å². The van der Waals surface area contributed by atoms with Crippen molar-refractivity contribution in [2.45, 2.75) is 96.8 Å². The first-order valence-electron chi connectivity index (χ1n) is 9.12. The molecule has 0 atom stereocenters. The van der Waals surface area contributed by atoms with E-state index in [1.807, 2.05) is 0 Å². The van der Waals surface area contributed by atoms with Crippen molar-refractivity contribution in [2.24, 2.45) is 0 Å². The van der Waals surface area contributed by atoms with E-state index >= 15 is 0 Å². The first-order chi connectivity index (χ1) is 10.7. The Kier molecular flexibility index (Phi) is 24.4. The SMILES string of the molecule is CCCCCCCCCCCC(=O)O.OCCCCCCO. The van der Waals surface area contributed by atoms with Crippen LogP contribution in [0.1, 0.15) is 96.8 Å². The molecule has 0 spiro atoms. The molecule has 4 nitrogen and oxygen atoms in total. The van der Waals surface area contributed by atoms with Gasteiger partial charge in [-0.2, -0.15) is 0 Å². The van der Waals surface area contributed by atoms with Crippen molar-refractivity contribution in [1.29, 1.82) is 0 Å². The van der Waals surface area contributed by atoms with Gasteiger partial charge in [-0.05, 0) is 19.3 Å². The standard InChI is InChI=1S/C12H24O2.C6H14O2/c1-2-3-4-5-6-7-8-9-10-11-12(13)14;7-5-3-1-2-4-6-8/h2-11H2,1H3,(H,13,14);7-8H,1-6H2. The Labute approximate surface area is 136 Å². The lowest BCUT2D eigenvalue weighted by Crippen LogP contribution is -1.93. The van der Waals surface area contributed by atoms with Crippen molar-refractivity contribution < 1.29 is 20.1 Å². The number of hydrogen-bond acceptors (Lipinski definition) is 3. The lowest BCUT2D eigenvalue weighted by Gasteiger charge is -2.00. The van der Waals surface area contributed by atoms with Gasteiger partial charge < -0.3 is 15.3 Å². The number of rotatable bonds is 15. The molecule has 0 fully saturated rings. The summed E-state index contributed by atoms with van der Waals surface area (Å²) in [7, 11) is 0. The average Bonchev–Trinajstić information content (AvgIpc) is 2.50. The second-order valence-corrected chi connectivity index (χ2v) is 5.83. The van der Waals surface area contributed by atoms with Crippen LogP contribution in [-0.2, 0) is 4.79 Å². The van der Waals surface area contributed by atoms with Crippen LogP contribution in [0, 0.1) is 0 Å². The van der Waals surface area contributed by atoms with Gasteiger partial charge in [-0.15, -0.1) is 0 Å². The Bertz CT molecular complexity index is 201. The first kappa shape index (κ1) is 23.7. The van der Waals surface area contributed by atoms with Gasteiger partial charge in [0.25, 0.3) is 0 Å². The molecule has 0 saturated carbocycles. The molecule has 0 aliphatic rings. The van der Waals surface area contributed by atoms with Gasteiger partial charge in [0, 0.05) is 19.6 Å². The molecular weight excluding hydrogens is 280 g/mol. The third kappa shape index (κ3) is 27.7. The molecule has 0 bridgehead atoms. The van der Waals surface area contributed by atoms with Crippen LogP contribution in [0.3, 0.4) is 0 Å². The number of hydrogen-bond donors (Lipinski definition) is 3. The van der Waals surface area contributed by atoms with Crippen molar-refractivity contribution in [2.75, 3.05) is 13.2 Å². The van der Waals surface area contributed by atoms with Crippen LogP contribution in [-0.4, -0.2) is 34.5 Å². The van der Waals surface area contributed by atoms with Crippen molar-refractivity contribution in [3.05, 3.63) is 0 Å².